The zero-order valence-corrected chi connectivity index (χ0v) is 31.9. The van der Waals surface area contributed by atoms with E-state index in [0.29, 0.717) is 25.0 Å². The van der Waals surface area contributed by atoms with Gasteiger partial charge in [0, 0.05) is 12.8 Å². The third-order valence-corrected chi connectivity index (χ3v) is 9.60. The Morgan fingerprint density at radius 2 is 1.06 bits per heavy atom. The maximum absolute atomic E-state index is 12.0. The molecule has 1 heterocycles. The van der Waals surface area contributed by atoms with Crippen molar-refractivity contribution in [2.45, 2.75) is 225 Å². The van der Waals surface area contributed by atoms with Gasteiger partial charge in [-0.1, -0.05) is 168 Å². The Bertz CT molecular complexity index is 765. The van der Waals surface area contributed by atoms with Gasteiger partial charge in [0.25, 0.3) is 0 Å². The van der Waals surface area contributed by atoms with E-state index in [9.17, 15) is 14.7 Å². The number of hydrogen-bond donors (Lipinski definition) is 1. The average Bonchev–Trinajstić information content (AvgIpc) is 3.82. The van der Waals surface area contributed by atoms with Gasteiger partial charge in [-0.05, 0) is 44.4 Å². The highest BCUT2D eigenvalue weighted by Gasteiger charge is 2.36. The topological polar surface area (TPSA) is 85.4 Å². The first kappa shape index (κ1) is 44.6. The summed E-state index contributed by atoms with van der Waals surface area (Å²) in [6, 6.07) is 0. The number of unbranched alkanes of at least 4 members (excludes halogenated alkanes) is 21. The van der Waals surface area contributed by atoms with Gasteiger partial charge in [0.05, 0.1) is 12.2 Å². The normalized spacial score (nSPS) is 16.5. The molecule has 1 aliphatic heterocycles. The van der Waals surface area contributed by atoms with Crippen LogP contribution in [0.15, 0.2) is 12.2 Å². The van der Waals surface area contributed by atoms with Crippen molar-refractivity contribution in [3.05, 3.63) is 12.2 Å². The van der Waals surface area contributed by atoms with Crippen molar-refractivity contribution in [1.82, 2.24) is 0 Å². The largest absolute Gasteiger partial charge is 0.463 e. The monoisotopic (exact) mass is 679 g/mol. The quantitative estimate of drug-likeness (QED) is 0.0307. The van der Waals surface area contributed by atoms with Crippen molar-refractivity contribution in [2.75, 3.05) is 13.2 Å². The molecular weight excluding hydrogens is 600 g/mol. The first-order valence-electron chi connectivity index (χ1n) is 20.7. The minimum absolute atomic E-state index is 0.120. The summed E-state index contributed by atoms with van der Waals surface area (Å²) >= 11 is 0. The van der Waals surface area contributed by atoms with Crippen LogP contribution < -0.4 is 0 Å². The highest BCUT2D eigenvalue weighted by molar-refractivity contribution is 5.69. The number of epoxide rings is 1. The van der Waals surface area contributed by atoms with Crippen molar-refractivity contribution in [2.24, 2.45) is 5.92 Å². The summed E-state index contributed by atoms with van der Waals surface area (Å²) < 4.78 is 16.1. The van der Waals surface area contributed by atoms with Gasteiger partial charge in [0.15, 0.2) is 0 Å². The Morgan fingerprint density at radius 3 is 1.54 bits per heavy atom. The molecule has 6 nitrogen and oxygen atoms in total. The molecular formula is C42H78O6. The van der Waals surface area contributed by atoms with E-state index in [0.717, 1.165) is 63.7 Å². The average molecular weight is 679 g/mol. The van der Waals surface area contributed by atoms with Crippen molar-refractivity contribution in [3.63, 3.8) is 0 Å². The molecule has 0 radical (unpaired) electrons. The third kappa shape index (κ3) is 30.6. The fourth-order valence-electron chi connectivity index (χ4n) is 6.34. The van der Waals surface area contributed by atoms with E-state index >= 15 is 0 Å². The van der Waals surface area contributed by atoms with E-state index in [1.54, 1.807) is 0 Å². The lowest BCUT2D eigenvalue weighted by atomic mass is 10.0. The molecule has 1 N–H and O–H groups in total. The Kier molecular flexibility index (Phi) is 30.5. The summed E-state index contributed by atoms with van der Waals surface area (Å²) in [6.45, 7) is 6.63. The van der Waals surface area contributed by atoms with E-state index in [1.807, 2.05) is 0 Å². The molecule has 0 spiro atoms. The summed E-state index contributed by atoms with van der Waals surface area (Å²) in [4.78, 5) is 24.0. The summed E-state index contributed by atoms with van der Waals surface area (Å²) in [7, 11) is 0. The maximum Gasteiger partial charge on any atom is 0.305 e. The standard InChI is InChI=1S/C42H78O6/c1-4-5-6-7-21-26-31-39-40(48-39)32-27-22-19-24-29-34-42(45)47-36-38(43)35-46-41(44)33-28-23-18-16-14-12-10-8-9-11-13-15-17-20-25-30-37(2)3/h21,26,37-40,43H,4-20,22-25,27-36H2,1-3H3/b26-21-/t38-,39?,40?/m1/s1. The molecule has 282 valence electrons. The first-order chi connectivity index (χ1) is 23.4. The van der Waals surface area contributed by atoms with E-state index in [2.05, 4.69) is 32.9 Å². The van der Waals surface area contributed by atoms with Crippen LogP contribution >= 0.6 is 0 Å². The van der Waals surface area contributed by atoms with Crippen LogP contribution in [0.25, 0.3) is 0 Å². The molecule has 6 heteroatoms. The fourth-order valence-corrected chi connectivity index (χ4v) is 6.34. The summed E-state index contributed by atoms with van der Waals surface area (Å²) in [5, 5.41) is 10.0. The molecule has 0 aromatic carbocycles. The molecule has 2 unspecified atom stereocenters. The van der Waals surface area contributed by atoms with Crippen LogP contribution in [-0.4, -0.2) is 48.6 Å². The van der Waals surface area contributed by atoms with Crippen LogP contribution in [0.4, 0.5) is 0 Å². The Labute approximate surface area is 296 Å². The molecule has 0 bridgehead atoms. The highest BCUT2D eigenvalue weighted by Crippen LogP contribution is 2.30. The number of carbonyl (C=O) groups excluding carboxylic acids is 2. The number of aliphatic hydroxyl groups is 1. The van der Waals surface area contributed by atoms with E-state index in [1.165, 1.54) is 116 Å². The van der Waals surface area contributed by atoms with Gasteiger partial charge in [-0.15, -0.1) is 0 Å². The van der Waals surface area contributed by atoms with Crippen LogP contribution in [0.2, 0.25) is 0 Å². The number of carbonyl (C=O) groups is 2. The molecule has 1 rings (SSSR count). The zero-order valence-electron chi connectivity index (χ0n) is 31.9. The number of allylic oxidation sites excluding steroid dienone is 1. The molecule has 0 saturated carbocycles. The second kappa shape index (κ2) is 32.8. The maximum atomic E-state index is 12.0. The second-order valence-electron chi connectivity index (χ2n) is 15.0. The first-order valence-corrected chi connectivity index (χ1v) is 20.7. The minimum Gasteiger partial charge on any atom is -0.463 e. The third-order valence-electron chi connectivity index (χ3n) is 9.60. The second-order valence-corrected chi connectivity index (χ2v) is 15.0. The van der Waals surface area contributed by atoms with Crippen LogP contribution in [0, 0.1) is 5.92 Å². The minimum atomic E-state index is -0.970. The lowest BCUT2D eigenvalue weighted by molar-refractivity contribution is -0.152. The molecule has 48 heavy (non-hydrogen) atoms. The van der Waals surface area contributed by atoms with Gasteiger partial charge in [-0.25, -0.2) is 0 Å². The fraction of sp³-hybridized carbons (Fsp3) is 0.905. The van der Waals surface area contributed by atoms with Crippen LogP contribution in [0.1, 0.15) is 207 Å². The number of hydrogen-bond acceptors (Lipinski definition) is 6. The van der Waals surface area contributed by atoms with Gasteiger partial charge in [0.1, 0.15) is 19.3 Å². The van der Waals surface area contributed by atoms with Crippen molar-refractivity contribution < 1.29 is 28.9 Å². The summed E-state index contributed by atoms with van der Waals surface area (Å²) in [5.41, 5.74) is 0. The number of ether oxygens (including phenoxy) is 3. The van der Waals surface area contributed by atoms with Crippen molar-refractivity contribution in [1.29, 1.82) is 0 Å². The van der Waals surface area contributed by atoms with Gasteiger partial charge in [-0.3, -0.25) is 9.59 Å². The van der Waals surface area contributed by atoms with Gasteiger partial charge in [0.2, 0.25) is 0 Å². The van der Waals surface area contributed by atoms with E-state index in [4.69, 9.17) is 14.2 Å². The molecule has 1 fully saturated rings. The molecule has 0 aromatic rings. The molecule has 0 aromatic heterocycles. The summed E-state index contributed by atoms with van der Waals surface area (Å²) in [6.07, 6.45) is 38.6. The zero-order chi connectivity index (χ0) is 34.9. The SMILES string of the molecule is CCCCC/C=C\CC1OC1CCCCCCCC(=O)OC[C@H](O)COC(=O)CCCCCCCCCCCCCCCCCC(C)C. The number of rotatable bonds is 36. The lowest BCUT2D eigenvalue weighted by Crippen LogP contribution is -2.25. The molecule has 3 atom stereocenters. The van der Waals surface area contributed by atoms with Crippen LogP contribution in [0.5, 0.6) is 0 Å². The van der Waals surface area contributed by atoms with Crippen molar-refractivity contribution in [3.8, 4) is 0 Å². The molecule has 1 aliphatic rings. The summed E-state index contributed by atoms with van der Waals surface area (Å²) in [5.74, 6) is 0.275. The predicted molar refractivity (Wildman–Crippen MR) is 200 cm³/mol. The van der Waals surface area contributed by atoms with E-state index < -0.39 is 6.10 Å². The number of aliphatic hydroxyl groups excluding tert-OH is 1. The van der Waals surface area contributed by atoms with E-state index in [-0.39, 0.29) is 25.2 Å². The molecule has 0 amide bonds. The Morgan fingerprint density at radius 1 is 0.604 bits per heavy atom. The smallest absolute Gasteiger partial charge is 0.305 e. The molecule has 1 saturated heterocycles. The van der Waals surface area contributed by atoms with Crippen molar-refractivity contribution >= 4 is 11.9 Å². The Balaban J connectivity index is 1.80. The predicted octanol–water partition coefficient (Wildman–Crippen LogP) is 11.7. The van der Waals surface area contributed by atoms with Crippen LogP contribution in [-0.2, 0) is 23.8 Å². The van der Waals surface area contributed by atoms with Gasteiger partial charge < -0.3 is 19.3 Å². The Hall–Kier alpha value is -1.40. The van der Waals surface area contributed by atoms with Gasteiger partial charge in [-0.2, -0.15) is 0 Å². The lowest BCUT2D eigenvalue weighted by Gasteiger charge is -2.12. The highest BCUT2D eigenvalue weighted by atomic mass is 16.6. The number of esters is 2. The molecule has 0 aliphatic carbocycles. The van der Waals surface area contributed by atoms with Gasteiger partial charge >= 0.3 is 11.9 Å². The van der Waals surface area contributed by atoms with Crippen LogP contribution in [0.3, 0.4) is 0 Å².